The van der Waals surface area contributed by atoms with E-state index in [4.69, 9.17) is 23.7 Å². The van der Waals surface area contributed by atoms with Crippen molar-refractivity contribution in [3.63, 3.8) is 0 Å². The Bertz CT molecular complexity index is 1000. The minimum atomic E-state index is -0.979. The van der Waals surface area contributed by atoms with E-state index in [0.717, 1.165) is 11.1 Å². The van der Waals surface area contributed by atoms with E-state index in [-0.39, 0.29) is 12.4 Å². The zero-order valence-electron chi connectivity index (χ0n) is 19.0. The number of hydrogen-bond acceptors (Lipinski definition) is 7. The van der Waals surface area contributed by atoms with Crippen molar-refractivity contribution in [2.45, 2.75) is 19.3 Å². The fraction of sp³-hybridized carbons (Fsp3) is 0.360. The Morgan fingerprint density at radius 3 is 2.22 bits per heavy atom. The van der Waals surface area contributed by atoms with Crippen LogP contribution >= 0.6 is 0 Å². The Labute approximate surface area is 187 Å². The minimum Gasteiger partial charge on any atom is -0.497 e. The first-order valence-electron chi connectivity index (χ1n) is 10.3. The molecule has 0 heterocycles. The smallest absolute Gasteiger partial charge is 0.317 e. The molecule has 0 radical (unpaired) electrons. The van der Waals surface area contributed by atoms with Crippen LogP contribution in [0.2, 0.25) is 0 Å². The second-order valence-electron chi connectivity index (χ2n) is 7.30. The van der Waals surface area contributed by atoms with E-state index in [1.165, 1.54) is 13.2 Å². The Kier molecular flexibility index (Phi) is 7.41. The van der Waals surface area contributed by atoms with Crippen molar-refractivity contribution in [3.8, 4) is 23.0 Å². The van der Waals surface area contributed by atoms with Gasteiger partial charge in [0.1, 0.15) is 17.4 Å². The third-order valence-electron chi connectivity index (χ3n) is 5.56. The van der Waals surface area contributed by atoms with E-state index in [2.05, 4.69) is 0 Å². The molecular weight excluding hydrogens is 412 g/mol. The van der Waals surface area contributed by atoms with Crippen LogP contribution in [0, 0.1) is 5.92 Å². The Balaban J connectivity index is 2.14. The SMILES string of the molecule is CCOC(=O)C1C(=O)C=C(c2cc(OC)cc(OC)c2)CC1c1cccc(OC)c1OC. The van der Waals surface area contributed by atoms with Crippen LogP contribution in [0.3, 0.4) is 0 Å². The van der Waals surface area contributed by atoms with Crippen molar-refractivity contribution >= 4 is 17.3 Å². The van der Waals surface area contributed by atoms with Crippen LogP contribution in [0.15, 0.2) is 42.5 Å². The zero-order chi connectivity index (χ0) is 23.3. The van der Waals surface area contributed by atoms with Gasteiger partial charge < -0.3 is 23.7 Å². The number of hydrogen-bond donors (Lipinski definition) is 0. The summed E-state index contributed by atoms with van der Waals surface area (Å²) >= 11 is 0. The topological polar surface area (TPSA) is 80.3 Å². The van der Waals surface area contributed by atoms with Gasteiger partial charge in [0.25, 0.3) is 0 Å². The Morgan fingerprint density at radius 1 is 0.969 bits per heavy atom. The number of methoxy groups -OCH3 is 4. The van der Waals surface area contributed by atoms with Crippen molar-refractivity contribution in [1.82, 2.24) is 0 Å². The van der Waals surface area contributed by atoms with Gasteiger partial charge in [0.05, 0.1) is 35.0 Å². The van der Waals surface area contributed by atoms with Crippen LogP contribution in [0.4, 0.5) is 0 Å². The van der Waals surface area contributed by atoms with Crippen molar-refractivity contribution in [2.24, 2.45) is 5.92 Å². The number of benzene rings is 2. The lowest BCUT2D eigenvalue weighted by molar-refractivity contribution is -0.151. The fourth-order valence-corrected chi connectivity index (χ4v) is 4.07. The van der Waals surface area contributed by atoms with Gasteiger partial charge in [0, 0.05) is 17.5 Å². The molecule has 7 nitrogen and oxygen atoms in total. The van der Waals surface area contributed by atoms with E-state index < -0.39 is 17.8 Å². The predicted molar refractivity (Wildman–Crippen MR) is 120 cm³/mol. The summed E-state index contributed by atoms with van der Waals surface area (Å²) in [4.78, 5) is 26.0. The average molecular weight is 440 g/mol. The summed E-state index contributed by atoms with van der Waals surface area (Å²) in [6.45, 7) is 1.91. The second kappa shape index (κ2) is 10.2. The molecular formula is C25H28O7. The van der Waals surface area contributed by atoms with Gasteiger partial charge >= 0.3 is 5.97 Å². The summed E-state index contributed by atoms with van der Waals surface area (Å²) in [6.07, 6.45) is 1.92. The lowest BCUT2D eigenvalue weighted by Crippen LogP contribution is -2.34. The predicted octanol–water partition coefficient (Wildman–Crippen LogP) is 4.04. The number of para-hydroxylation sites is 1. The normalized spacial score (nSPS) is 17.9. The highest BCUT2D eigenvalue weighted by atomic mass is 16.5. The summed E-state index contributed by atoms with van der Waals surface area (Å²) in [7, 11) is 6.22. The van der Waals surface area contributed by atoms with Crippen molar-refractivity contribution in [1.29, 1.82) is 0 Å². The number of carbonyl (C=O) groups excluding carboxylic acids is 2. The van der Waals surface area contributed by atoms with E-state index in [1.54, 1.807) is 40.4 Å². The van der Waals surface area contributed by atoms with Crippen LogP contribution in [-0.4, -0.2) is 46.8 Å². The van der Waals surface area contributed by atoms with Gasteiger partial charge in [-0.3, -0.25) is 9.59 Å². The molecule has 0 spiro atoms. The Hall–Kier alpha value is -3.48. The molecule has 0 amide bonds. The third-order valence-corrected chi connectivity index (χ3v) is 5.56. The maximum Gasteiger partial charge on any atom is 0.317 e. The standard InChI is InChI=1S/C25H28O7/c1-6-32-25(27)23-20(19-8-7-9-22(30-4)24(19)31-5)12-16(13-21(23)26)15-10-17(28-2)14-18(11-15)29-3/h7-11,13-14,20,23H,6,12H2,1-5H3. The molecule has 0 saturated heterocycles. The van der Waals surface area contributed by atoms with Crippen LogP contribution in [0.1, 0.15) is 30.4 Å². The van der Waals surface area contributed by atoms with E-state index in [1.807, 2.05) is 24.3 Å². The largest absolute Gasteiger partial charge is 0.497 e. The van der Waals surface area contributed by atoms with Gasteiger partial charge in [-0.25, -0.2) is 0 Å². The molecule has 1 aliphatic carbocycles. The molecule has 0 aliphatic heterocycles. The lowest BCUT2D eigenvalue weighted by Gasteiger charge is -2.31. The quantitative estimate of drug-likeness (QED) is 0.453. The molecule has 0 bridgehead atoms. The molecule has 2 unspecified atom stereocenters. The van der Waals surface area contributed by atoms with Crippen LogP contribution < -0.4 is 18.9 Å². The Morgan fingerprint density at radius 2 is 1.66 bits per heavy atom. The number of esters is 1. The van der Waals surface area contributed by atoms with Gasteiger partial charge in [0.15, 0.2) is 17.3 Å². The summed E-state index contributed by atoms with van der Waals surface area (Å²) in [5.74, 6) is -0.111. The zero-order valence-corrected chi connectivity index (χ0v) is 19.0. The molecule has 1 aliphatic rings. The molecule has 0 fully saturated rings. The molecule has 2 aromatic carbocycles. The average Bonchev–Trinajstić information content (AvgIpc) is 2.82. The molecule has 3 rings (SSSR count). The number of ketones is 1. The number of allylic oxidation sites excluding steroid dienone is 2. The van der Waals surface area contributed by atoms with Gasteiger partial charge in [0.2, 0.25) is 0 Å². The van der Waals surface area contributed by atoms with Gasteiger partial charge in [-0.2, -0.15) is 0 Å². The fourth-order valence-electron chi connectivity index (χ4n) is 4.07. The van der Waals surface area contributed by atoms with E-state index in [9.17, 15) is 9.59 Å². The monoisotopic (exact) mass is 440 g/mol. The van der Waals surface area contributed by atoms with Crippen LogP contribution in [0.25, 0.3) is 5.57 Å². The number of carbonyl (C=O) groups is 2. The van der Waals surface area contributed by atoms with Gasteiger partial charge in [-0.15, -0.1) is 0 Å². The first kappa shape index (κ1) is 23.2. The molecule has 7 heteroatoms. The molecule has 2 aromatic rings. The van der Waals surface area contributed by atoms with Gasteiger partial charge in [-0.1, -0.05) is 12.1 Å². The van der Waals surface area contributed by atoms with Gasteiger partial charge in [-0.05, 0) is 48.8 Å². The van der Waals surface area contributed by atoms with Crippen molar-refractivity contribution in [3.05, 3.63) is 53.6 Å². The maximum atomic E-state index is 13.2. The summed E-state index contributed by atoms with van der Waals surface area (Å²) in [6, 6.07) is 10.9. The minimum absolute atomic E-state index is 0.189. The first-order chi connectivity index (χ1) is 15.5. The molecule has 32 heavy (non-hydrogen) atoms. The first-order valence-corrected chi connectivity index (χ1v) is 10.3. The van der Waals surface area contributed by atoms with Crippen LogP contribution in [-0.2, 0) is 14.3 Å². The van der Waals surface area contributed by atoms with Crippen LogP contribution in [0.5, 0.6) is 23.0 Å². The molecule has 0 N–H and O–H groups in total. The highest BCUT2D eigenvalue weighted by Crippen LogP contribution is 2.46. The summed E-state index contributed by atoms with van der Waals surface area (Å²) in [5.41, 5.74) is 2.25. The highest BCUT2D eigenvalue weighted by molar-refractivity contribution is 6.10. The van der Waals surface area contributed by atoms with Crippen molar-refractivity contribution in [2.75, 3.05) is 35.0 Å². The highest BCUT2D eigenvalue weighted by Gasteiger charge is 2.41. The molecule has 170 valence electrons. The second-order valence-corrected chi connectivity index (χ2v) is 7.30. The van der Waals surface area contributed by atoms with Crippen molar-refractivity contribution < 1.29 is 33.3 Å². The van der Waals surface area contributed by atoms with E-state index in [0.29, 0.717) is 35.0 Å². The molecule has 0 saturated carbocycles. The number of ether oxygens (including phenoxy) is 5. The maximum absolute atomic E-state index is 13.2. The number of rotatable bonds is 8. The summed E-state index contributed by atoms with van der Waals surface area (Å²) < 4.78 is 27.1. The van der Waals surface area contributed by atoms with E-state index >= 15 is 0 Å². The molecule has 2 atom stereocenters. The lowest BCUT2D eigenvalue weighted by atomic mass is 9.73. The summed E-state index contributed by atoms with van der Waals surface area (Å²) in [5, 5.41) is 0. The molecule has 0 aromatic heterocycles. The third kappa shape index (κ3) is 4.56.